The third-order valence-electron chi connectivity index (χ3n) is 3.18. The number of para-hydroxylation sites is 1. The first-order chi connectivity index (χ1) is 10.1. The third-order valence-corrected chi connectivity index (χ3v) is 3.18. The fraction of sp³-hybridized carbons (Fsp3) is 0.375. The number of amides is 1. The van der Waals surface area contributed by atoms with Crippen LogP contribution in [0.5, 0.6) is 5.75 Å². The van der Waals surface area contributed by atoms with Crippen LogP contribution >= 0.6 is 0 Å². The monoisotopic (exact) mass is 287 g/mol. The van der Waals surface area contributed by atoms with E-state index in [9.17, 15) is 4.79 Å². The maximum atomic E-state index is 11.9. The van der Waals surface area contributed by atoms with Gasteiger partial charge in [-0.15, -0.1) is 0 Å². The van der Waals surface area contributed by atoms with Gasteiger partial charge in [0.15, 0.2) is 12.4 Å². The number of nitrogens with zero attached hydrogens (tertiary/aromatic N) is 1. The standard InChI is InChI=1S/C16H21N3O2/c1-4-12-9-15(19-18-12)17-16(20)10-21-14-8-6-5-7-13(14)11(2)3/h5-9,11H,4,10H2,1-3H3,(H2,17,18,19,20). The molecular formula is C16H21N3O2. The molecule has 0 aliphatic rings. The maximum Gasteiger partial charge on any atom is 0.263 e. The van der Waals surface area contributed by atoms with Gasteiger partial charge in [0.25, 0.3) is 5.91 Å². The number of aromatic amines is 1. The van der Waals surface area contributed by atoms with Crippen LogP contribution in [0.25, 0.3) is 0 Å². The van der Waals surface area contributed by atoms with Crippen LogP contribution in [-0.2, 0) is 11.2 Å². The summed E-state index contributed by atoms with van der Waals surface area (Å²) in [7, 11) is 0. The van der Waals surface area contributed by atoms with E-state index in [1.807, 2.05) is 37.3 Å². The highest BCUT2D eigenvalue weighted by atomic mass is 16.5. The van der Waals surface area contributed by atoms with Gasteiger partial charge in [-0.05, 0) is 24.0 Å². The van der Waals surface area contributed by atoms with Crippen molar-refractivity contribution in [3.05, 3.63) is 41.6 Å². The molecule has 5 nitrogen and oxygen atoms in total. The zero-order valence-electron chi connectivity index (χ0n) is 12.6. The average molecular weight is 287 g/mol. The molecule has 112 valence electrons. The van der Waals surface area contributed by atoms with E-state index in [4.69, 9.17) is 4.74 Å². The third kappa shape index (κ3) is 4.08. The van der Waals surface area contributed by atoms with Crippen molar-refractivity contribution in [2.75, 3.05) is 11.9 Å². The Morgan fingerprint density at radius 3 is 2.81 bits per heavy atom. The normalized spacial score (nSPS) is 10.7. The van der Waals surface area contributed by atoms with Crippen LogP contribution < -0.4 is 10.1 Å². The first kappa shape index (κ1) is 15.1. The van der Waals surface area contributed by atoms with Crippen LogP contribution in [-0.4, -0.2) is 22.7 Å². The molecule has 2 N–H and O–H groups in total. The summed E-state index contributed by atoms with van der Waals surface area (Å²) in [4.78, 5) is 11.9. The van der Waals surface area contributed by atoms with Gasteiger partial charge in [0.1, 0.15) is 5.75 Å². The van der Waals surface area contributed by atoms with Crippen LogP contribution in [0.2, 0.25) is 0 Å². The van der Waals surface area contributed by atoms with Gasteiger partial charge in [-0.3, -0.25) is 9.89 Å². The van der Waals surface area contributed by atoms with Crippen molar-refractivity contribution < 1.29 is 9.53 Å². The minimum Gasteiger partial charge on any atom is -0.483 e. The number of aromatic nitrogens is 2. The Morgan fingerprint density at radius 2 is 2.14 bits per heavy atom. The molecule has 0 fully saturated rings. The van der Waals surface area contributed by atoms with Gasteiger partial charge in [0.2, 0.25) is 0 Å². The SMILES string of the molecule is CCc1cc(NC(=O)COc2ccccc2C(C)C)n[nH]1. The molecule has 0 spiro atoms. The Kier molecular flexibility index (Phi) is 4.98. The topological polar surface area (TPSA) is 67.0 Å². The van der Waals surface area contributed by atoms with Crippen molar-refractivity contribution in [1.29, 1.82) is 0 Å². The number of rotatable bonds is 6. The lowest BCUT2D eigenvalue weighted by molar-refractivity contribution is -0.118. The Bertz CT molecular complexity index is 605. The molecule has 0 bridgehead atoms. The number of hydrogen-bond acceptors (Lipinski definition) is 3. The summed E-state index contributed by atoms with van der Waals surface area (Å²) in [5.41, 5.74) is 2.08. The molecule has 2 rings (SSSR count). The minimum atomic E-state index is -0.220. The summed E-state index contributed by atoms with van der Waals surface area (Å²) >= 11 is 0. The number of H-pyrrole nitrogens is 1. The van der Waals surface area contributed by atoms with E-state index in [1.165, 1.54) is 0 Å². The molecule has 5 heteroatoms. The average Bonchev–Trinajstić information content (AvgIpc) is 2.93. The number of carbonyl (C=O) groups is 1. The van der Waals surface area contributed by atoms with Gasteiger partial charge in [0.05, 0.1) is 0 Å². The van der Waals surface area contributed by atoms with E-state index in [1.54, 1.807) is 0 Å². The van der Waals surface area contributed by atoms with E-state index in [0.717, 1.165) is 23.4 Å². The van der Waals surface area contributed by atoms with Gasteiger partial charge >= 0.3 is 0 Å². The highest BCUT2D eigenvalue weighted by Gasteiger charge is 2.10. The van der Waals surface area contributed by atoms with Crippen molar-refractivity contribution in [3.8, 4) is 5.75 Å². The number of ether oxygens (including phenoxy) is 1. The van der Waals surface area contributed by atoms with Gasteiger partial charge in [-0.1, -0.05) is 39.0 Å². The van der Waals surface area contributed by atoms with E-state index >= 15 is 0 Å². The van der Waals surface area contributed by atoms with Crippen LogP contribution in [0.15, 0.2) is 30.3 Å². The van der Waals surface area contributed by atoms with Crippen LogP contribution in [0.1, 0.15) is 37.9 Å². The molecule has 1 aromatic carbocycles. The number of aryl methyl sites for hydroxylation is 1. The summed E-state index contributed by atoms with van der Waals surface area (Å²) in [5.74, 6) is 1.40. The number of anilines is 1. The first-order valence-corrected chi connectivity index (χ1v) is 7.16. The summed E-state index contributed by atoms with van der Waals surface area (Å²) in [6, 6.07) is 9.59. The van der Waals surface area contributed by atoms with Crippen molar-refractivity contribution in [3.63, 3.8) is 0 Å². The van der Waals surface area contributed by atoms with Crippen LogP contribution in [0, 0.1) is 0 Å². The molecule has 1 amide bonds. The summed E-state index contributed by atoms with van der Waals surface area (Å²) in [6.45, 7) is 6.18. The van der Waals surface area contributed by atoms with Crippen molar-refractivity contribution in [2.45, 2.75) is 33.1 Å². The summed E-state index contributed by atoms with van der Waals surface area (Å²) in [5, 5.41) is 9.58. The Morgan fingerprint density at radius 1 is 1.38 bits per heavy atom. The summed E-state index contributed by atoms with van der Waals surface area (Å²) < 4.78 is 5.62. The second-order valence-corrected chi connectivity index (χ2v) is 5.16. The molecule has 0 atom stereocenters. The Balaban J connectivity index is 1.92. The lowest BCUT2D eigenvalue weighted by Gasteiger charge is -2.13. The number of carbonyl (C=O) groups excluding carboxylic acids is 1. The predicted octanol–water partition coefficient (Wildman–Crippen LogP) is 3.11. The van der Waals surface area contributed by atoms with Crippen molar-refractivity contribution in [1.82, 2.24) is 10.2 Å². The molecule has 1 heterocycles. The largest absolute Gasteiger partial charge is 0.483 e. The smallest absolute Gasteiger partial charge is 0.263 e. The molecular weight excluding hydrogens is 266 g/mol. The van der Waals surface area contributed by atoms with Gasteiger partial charge in [-0.25, -0.2) is 0 Å². The lowest BCUT2D eigenvalue weighted by Crippen LogP contribution is -2.20. The molecule has 0 aliphatic carbocycles. The zero-order valence-corrected chi connectivity index (χ0v) is 12.6. The van der Waals surface area contributed by atoms with E-state index in [2.05, 4.69) is 29.4 Å². The second kappa shape index (κ2) is 6.92. The predicted molar refractivity (Wildman–Crippen MR) is 82.6 cm³/mol. The molecule has 0 saturated heterocycles. The van der Waals surface area contributed by atoms with Crippen LogP contribution in [0.4, 0.5) is 5.82 Å². The van der Waals surface area contributed by atoms with E-state index < -0.39 is 0 Å². The van der Waals surface area contributed by atoms with Gasteiger partial charge < -0.3 is 10.1 Å². The second-order valence-electron chi connectivity index (χ2n) is 5.16. The molecule has 1 aromatic heterocycles. The van der Waals surface area contributed by atoms with E-state index in [0.29, 0.717) is 11.7 Å². The molecule has 2 aromatic rings. The van der Waals surface area contributed by atoms with Gasteiger partial charge in [0, 0.05) is 11.8 Å². The number of nitrogens with one attached hydrogen (secondary N) is 2. The zero-order chi connectivity index (χ0) is 15.2. The van der Waals surface area contributed by atoms with Crippen LogP contribution in [0.3, 0.4) is 0 Å². The molecule has 0 unspecified atom stereocenters. The Hall–Kier alpha value is -2.30. The van der Waals surface area contributed by atoms with E-state index in [-0.39, 0.29) is 12.5 Å². The summed E-state index contributed by atoms with van der Waals surface area (Å²) in [6.07, 6.45) is 0.848. The highest BCUT2D eigenvalue weighted by molar-refractivity contribution is 5.91. The highest BCUT2D eigenvalue weighted by Crippen LogP contribution is 2.25. The molecule has 0 aliphatic heterocycles. The van der Waals surface area contributed by atoms with Crippen molar-refractivity contribution in [2.24, 2.45) is 0 Å². The molecule has 21 heavy (non-hydrogen) atoms. The fourth-order valence-electron chi connectivity index (χ4n) is 2.02. The molecule has 0 saturated carbocycles. The lowest BCUT2D eigenvalue weighted by atomic mass is 10.0. The number of hydrogen-bond donors (Lipinski definition) is 2. The van der Waals surface area contributed by atoms with Gasteiger partial charge in [-0.2, -0.15) is 5.10 Å². The molecule has 0 radical (unpaired) electrons. The quantitative estimate of drug-likeness (QED) is 0.857. The number of benzene rings is 1. The minimum absolute atomic E-state index is 0.0297. The first-order valence-electron chi connectivity index (χ1n) is 7.16. The maximum absolute atomic E-state index is 11.9. The fourth-order valence-corrected chi connectivity index (χ4v) is 2.02. The Labute approximate surface area is 124 Å². The van der Waals surface area contributed by atoms with Crippen molar-refractivity contribution >= 4 is 11.7 Å².